The maximum Gasteiger partial charge on any atom is 0.410 e. The molecule has 3 unspecified atom stereocenters. The zero-order valence-electron chi connectivity index (χ0n) is 20.8. The fourth-order valence-electron chi connectivity index (χ4n) is 4.76. The molecule has 1 fully saturated rings. The van der Waals surface area contributed by atoms with Crippen molar-refractivity contribution in [2.45, 2.75) is 51.3 Å². The minimum Gasteiger partial charge on any atom is -0.457 e. The fourth-order valence-corrected chi connectivity index (χ4v) is 4.76. The van der Waals surface area contributed by atoms with Crippen LogP contribution >= 0.6 is 0 Å². The third kappa shape index (κ3) is 5.05. The van der Waals surface area contributed by atoms with Gasteiger partial charge in [-0.15, -0.1) is 0 Å². The van der Waals surface area contributed by atoms with Crippen LogP contribution in [0.25, 0.3) is 0 Å². The second-order valence-corrected chi connectivity index (χ2v) is 10.2. The standard InChI is InChI=1S/C27H31N5O4/c1-27(2,3)36-26(34)31-15-7-8-19(16-31)24-30-22(23-25(33)28-17-29-32(23)24)18-11-13-21(14-12-18)35-20-9-5-4-6-10-20/h4-6,9-14,17,19,22-23H,7-8,15-16H2,1-3H3,(H,28,29,33). The second kappa shape index (κ2) is 9.64. The number of rotatable bonds is 4. The Labute approximate surface area is 210 Å². The van der Waals surface area contributed by atoms with Crippen LogP contribution in [-0.4, -0.2) is 58.8 Å². The fraction of sp³-hybridized carbons (Fsp3) is 0.407. The van der Waals surface area contributed by atoms with Crippen molar-refractivity contribution in [2.75, 3.05) is 13.1 Å². The number of carbonyl (C=O) groups excluding carboxylic acids is 2. The molecule has 3 heterocycles. The van der Waals surface area contributed by atoms with E-state index in [0.717, 1.165) is 30.0 Å². The Balaban J connectivity index is 1.37. The summed E-state index contributed by atoms with van der Waals surface area (Å²) in [5, 5.41) is 8.91. The molecule has 188 valence electrons. The van der Waals surface area contributed by atoms with Gasteiger partial charge in [-0.05, 0) is 63.4 Å². The van der Waals surface area contributed by atoms with Gasteiger partial charge < -0.3 is 19.7 Å². The van der Waals surface area contributed by atoms with E-state index in [0.29, 0.717) is 18.8 Å². The summed E-state index contributed by atoms with van der Waals surface area (Å²) in [5.41, 5.74) is 0.337. The lowest BCUT2D eigenvalue weighted by Gasteiger charge is -2.36. The number of para-hydroxylation sites is 1. The molecule has 0 bridgehead atoms. The van der Waals surface area contributed by atoms with Gasteiger partial charge in [0, 0.05) is 19.0 Å². The van der Waals surface area contributed by atoms with E-state index in [2.05, 4.69) is 10.4 Å². The molecule has 2 aromatic carbocycles. The van der Waals surface area contributed by atoms with Crippen molar-refractivity contribution in [1.29, 1.82) is 0 Å². The molecule has 2 amide bonds. The second-order valence-electron chi connectivity index (χ2n) is 10.2. The Morgan fingerprint density at radius 2 is 1.78 bits per heavy atom. The Morgan fingerprint density at radius 3 is 2.50 bits per heavy atom. The molecule has 9 heteroatoms. The van der Waals surface area contributed by atoms with Crippen LogP contribution in [0.4, 0.5) is 4.79 Å². The first-order chi connectivity index (χ1) is 17.3. The highest BCUT2D eigenvalue weighted by Gasteiger charge is 2.46. The quantitative estimate of drug-likeness (QED) is 0.690. The average Bonchev–Trinajstić information content (AvgIpc) is 3.25. The predicted molar refractivity (Wildman–Crippen MR) is 136 cm³/mol. The van der Waals surface area contributed by atoms with E-state index >= 15 is 0 Å². The van der Waals surface area contributed by atoms with Crippen molar-refractivity contribution in [3.63, 3.8) is 0 Å². The van der Waals surface area contributed by atoms with Gasteiger partial charge >= 0.3 is 6.09 Å². The predicted octanol–water partition coefficient (Wildman–Crippen LogP) is 4.32. The van der Waals surface area contributed by atoms with Crippen molar-refractivity contribution in [2.24, 2.45) is 16.0 Å². The number of hydrogen-bond donors (Lipinski definition) is 1. The summed E-state index contributed by atoms with van der Waals surface area (Å²) in [6.45, 7) is 6.70. The number of nitrogens with one attached hydrogen (secondary N) is 1. The first kappa shape index (κ1) is 23.8. The summed E-state index contributed by atoms with van der Waals surface area (Å²) >= 11 is 0. The number of aliphatic imine (C=N–C) groups is 1. The van der Waals surface area contributed by atoms with E-state index in [9.17, 15) is 9.59 Å². The van der Waals surface area contributed by atoms with Crippen LogP contribution in [0.5, 0.6) is 11.5 Å². The van der Waals surface area contributed by atoms with Gasteiger partial charge in [0.05, 0.1) is 0 Å². The Bertz CT molecular complexity index is 1170. The number of hydrazone groups is 1. The number of benzene rings is 2. The molecule has 2 aromatic rings. The van der Waals surface area contributed by atoms with Crippen LogP contribution in [0, 0.1) is 5.92 Å². The minimum absolute atomic E-state index is 0.0393. The number of nitrogens with zero attached hydrogens (tertiary/aromatic N) is 4. The zero-order valence-corrected chi connectivity index (χ0v) is 20.8. The van der Waals surface area contributed by atoms with Crippen molar-refractivity contribution in [3.8, 4) is 11.5 Å². The zero-order chi connectivity index (χ0) is 25.3. The SMILES string of the molecule is CC(C)(C)OC(=O)N1CCCC(C2=NC(c3ccc(Oc4ccccc4)cc3)C3C(=O)NC=NN23)C1. The molecule has 0 saturated carbocycles. The van der Waals surface area contributed by atoms with Gasteiger partial charge in [0.2, 0.25) is 0 Å². The Hall–Kier alpha value is -3.88. The highest BCUT2D eigenvalue weighted by molar-refractivity contribution is 6.01. The lowest BCUT2D eigenvalue weighted by atomic mass is 9.96. The number of carbonyl (C=O) groups is 2. The number of amides is 2. The lowest BCUT2D eigenvalue weighted by Crippen LogP contribution is -2.52. The maximum atomic E-state index is 12.9. The molecule has 0 radical (unpaired) electrons. The summed E-state index contributed by atoms with van der Waals surface area (Å²) in [6.07, 6.45) is 2.76. The number of likely N-dealkylation sites (tertiary alicyclic amines) is 1. The number of ether oxygens (including phenoxy) is 2. The maximum absolute atomic E-state index is 12.9. The van der Waals surface area contributed by atoms with Gasteiger partial charge in [0.25, 0.3) is 5.91 Å². The smallest absolute Gasteiger partial charge is 0.410 e. The molecule has 1 saturated heterocycles. The molecule has 1 N–H and O–H groups in total. The molecular weight excluding hydrogens is 458 g/mol. The van der Waals surface area contributed by atoms with E-state index in [1.807, 2.05) is 75.4 Å². The van der Waals surface area contributed by atoms with E-state index in [1.165, 1.54) is 6.34 Å². The summed E-state index contributed by atoms with van der Waals surface area (Å²) in [6, 6.07) is 16.2. The highest BCUT2D eigenvalue weighted by atomic mass is 16.6. The van der Waals surface area contributed by atoms with Gasteiger partial charge in [-0.2, -0.15) is 5.10 Å². The molecule has 3 aliphatic heterocycles. The van der Waals surface area contributed by atoms with Crippen LogP contribution in [-0.2, 0) is 9.53 Å². The topological polar surface area (TPSA) is 95.8 Å². The number of fused-ring (bicyclic) bond motifs is 1. The van der Waals surface area contributed by atoms with Crippen molar-refractivity contribution < 1.29 is 19.1 Å². The van der Waals surface area contributed by atoms with E-state index in [-0.39, 0.29) is 17.9 Å². The summed E-state index contributed by atoms with van der Waals surface area (Å²) in [7, 11) is 0. The van der Waals surface area contributed by atoms with Crippen LogP contribution in [0.2, 0.25) is 0 Å². The molecule has 36 heavy (non-hydrogen) atoms. The van der Waals surface area contributed by atoms with Gasteiger partial charge in [0.15, 0.2) is 6.04 Å². The third-order valence-electron chi connectivity index (χ3n) is 6.36. The molecule has 3 atom stereocenters. The van der Waals surface area contributed by atoms with Crippen molar-refractivity contribution in [3.05, 3.63) is 60.2 Å². The van der Waals surface area contributed by atoms with Gasteiger partial charge in [-0.1, -0.05) is 30.3 Å². The summed E-state index contributed by atoms with van der Waals surface area (Å²) in [4.78, 5) is 32.3. The number of hydrogen-bond acceptors (Lipinski definition) is 7. The van der Waals surface area contributed by atoms with E-state index < -0.39 is 17.7 Å². The first-order valence-corrected chi connectivity index (χ1v) is 12.3. The minimum atomic E-state index is -0.581. The summed E-state index contributed by atoms with van der Waals surface area (Å²) in [5.74, 6) is 2.00. The monoisotopic (exact) mass is 489 g/mol. The first-order valence-electron chi connectivity index (χ1n) is 12.3. The Kier molecular flexibility index (Phi) is 6.38. The highest BCUT2D eigenvalue weighted by Crippen LogP contribution is 2.37. The summed E-state index contributed by atoms with van der Waals surface area (Å²) < 4.78 is 11.5. The van der Waals surface area contributed by atoms with Crippen LogP contribution < -0.4 is 10.1 Å². The Morgan fingerprint density at radius 1 is 1.06 bits per heavy atom. The van der Waals surface area contributed by atoms with Crippen LogP contribution in [0.15, 0.2) is 64.7 Å². The number of piperidine rings is 1. The number of amidine groups is 1. The lowest BCUT2D eigenvalue weighted by molar-refractivity contribution is -0.124. The molecular formula is C27H31N5O4. The molecule has 5 rings (SSSR count). The van der Waals surface area contributed by atoms with Crippen molar-refractivity contribution >= 4 is 24.2 Å². The molecule has 9 nitrogen and oxygen atoms in total. The van der Waals surface area contributed by atoms with Crippen LogP contribution in [0.1, 0.15) is 45.2 Å². The molecule has 0 aliphatic carbocycles. The normalized spacial score (nSPS) is 23.6. The largest absolute Gasteiger partial charge is 0.457 e. The van der Waals surface area contributed by atoms with Gasteiger partial charge in [0.1, 0.15) is 35.3 Å². The van der Waals surface area contributed by atoms with Gasteiger partial charge in [-0.3, -0.25) is 9.79 Å². The van der Waals surface area contributed by atoms with Crippen molar-refractivity contribution in [1.82, 2.24) is 15.2 Å². The molecule has 3 aliphatic rings. The third-order valence-corrected chi connectivity index (χ3v) is 6.36. The van der Waals surface area contributed by atoms with E-state index in [4.69, 9.17) is 14.5 Å². The molecule has 0 aromatic heterocycles. The molecule has 0 spiro atoms. The average molecular weight is 490 g/mol. The van der Waals surface area contributed by atoms with E-state index in [1.54, 1.807) is 9.91 Å². The van der Waals surface area contributed by atoms with Gasteiger partial charge in [-0.25, -0.2) is 9.80 Å². The van der Waals surface area contributed by atoms with Crippen LogP contribution in [0.3, 0.4) is 0 Å².